The molecular weight excluding hydrogens is 314 g/mol. The third kappa shape index (κ3) is 6.12. The van der Waals surface area contributed by atoms with Gasteiger partial charge in [-0.2, -0.15) is 0 Å². The van der Waals surface area contributed by atoms with Crippen LogP contribution in [0.2, 0.25) is 0 Å². The van der Waals surface area contributed by atoms with E-state index < -0.39 is 15.9 Å². The van der Waals surface area contributed by atoms with Crippen molar-refractivity contribution in [1.82, 2.24) is 0 Å². The number of hydrogen-bond donors (Lipinski definition) is 2. The summed E-state index contributed by atoms with van der Waals surface area (Å²) in [4.78, 5) is 0. The molecule has 6 heteroatoms. The van der Waals surface area contributed by atoms with Crippen molar-refractivity contribution in [3.05, 3.63) is 28.8 Å². The first kappa shape index (κ1) is 19.9. The molecule has 0 radical (unpaired) electrons. The van der Waals surface area contributed by atoms with E-state index in [1.165, 1.54) is 0 Å². The second-order valence-electron chi connectivity index (χ2n) is 8.07. The number of aromatic hydroxyl groups is 1. The highest BCUT2D eigenvalue weighted by molar-refractivity contribution is 7.85. The highest BCUT2D eigenvalue weighted by Crippen LogP contribution is 2.37. The first-order chi connectivity index (χ1) is 10.2. The van der Waals surface area contributed by atoms with Crippen molar-refractivity contribution in [2.45, 2.75) is 58.9 Å². The SMILES string of the molecule is CC(C)(C)c1cc(C[NH2+]CCS(=O)(=O)[O-])c(O)c(C(C)(C)C)c1. The molecule has 23 heavy (non-hydrogen) atoms. The Bertz CT molecular complexity index is 652. The minimum Gasteiger partial charge on any atom is -0.748 e. The summed E-state index contributed by atoms with van der Waals surface area (Å²) in [6, 6.07) is 4.01. The first-order valence-corrected chi connectivity index (χ1v) is 9.41. The van der Waals surface area contributed by atoms with Crippen LogP contribution in [0.25, 0.3) is 0 Å². The highest BCUT2D eigenvalue weighted by atomic mass is 32.2. The standard InChI is InChI=1S/C17H29NO4S/c1-16(2,3)13-9-12(11-18-7-8-23(20,21)22)15(19)14(10-13)17(4,5)6/h9-10,18-19H,7-8,11H2,1-6H3,(H,20,21,22). The Morgan fingerprint density at radius 2 is 1.65 bits per heavy atom. The lowest BCUT2D eigenvalue weighted by atomic mass is 9.79. The van der Waals surface area contributed by atoms with Crippen molar-refractivity contribution >= 4 is 10.1 Å². The molecule has 0 aromatic heterocycles. The number of nitrogens with two attached hydrogens (primary N) is 1. The average Bonchev–Trinajstić information content (AvgIpc) is 2.32. The summed E-state index contributed by atoms with van der Waals surface area (Å²) in [5.41, 5.74) is 2.52. The molecule has 0 aliphatic carbocycles. The number of hydrogen-bond acceptors (Lipinski definition) is 4. The monoisotopic (exact) mass is 343 g/mol. The molecule has 0 spiro atoms. The summed E-state index contributed by atoms with van der Waals surface area (Å²) in [7, 11) is -4.20. The Balaban J connectivity index is 3.11. The largest absolute Gasteiger partial charge is 0.748 e. The fourth-order valence-corrected chi connectivity index (χ4v) is 2.80. The summed E-state index contributed by atoms with van der Waals surface area (Å²) >= 11 is 0. The first-order valence-electron chi connectivity index (χ1n) is 7.84. The van der Waals surface area contributed by atoms with E-state index in [1.54, 1.807) is 5.32 Å². The molecule has 1 aromatic rings. The Morgan fingerprint density at radius 1 is 1.09 bits per heavy atom. The minimum absolute atomic E-state index is 0.0548. The van der Waals surface area contributed by atoms with Gasteiger partial charge >= 0.3 is 0 Å². The van der Waals surface area contributed by atoms with Crippen LogP contribution >= 0.6 is 0 Å². The topological polar surface area (TPSA) is 94.0 Å². The fourth-order valence-electron chi connectivity index (χ4n) is 2.34. The Labute approximate surface area is 139 Å². The Kier molecular flexibility index (Phi) is 5.88. The van der Waals surface area contributed by atoms with Gasteiger partial charge in [-0.1, -0.05) is 47.6 Å². The molecule has 0 aliphatic rings. The van der Waals surface area contributed by atoms with E-state index in [1.807, 2.05) is 32.9 Å². The van der Waals surface area contributed by atoms with Crippen LogP contribution in [0.5, 0.6) is 5.75 Å². The summed E-state index contributed by atoms with van der Waals surface area (Å²) in [6.07, 6.45) is 0. The van der Waals surface area contributed by atoms with Gasteiger partial charge in [-0.05, 0) is 22.5 Å². The molecule has 0 heterocycles. The Hall–Kier alpha value is -1.11. The zero-order chi connectivity index (χ0) is 18.1. The van der Waals surface area contributed by atoms with Gasteiger partial charge in [0.2, 0.25) is 0 Å². The maximum Gasteiger partial charge on any atom is 0.128 e. The molecule has 0 unspecified atom stereocenters. The van der Waals surface area contributed by atoms with Gasteiger partial charge < -0.3 is 15.0 Å². The summed E-state index contributed by atoms with van der Waals surface area (Å²) in [6.45, 7) is 13.1. The fraction of sp³-hybridized carbons (Fsp3) is 0.647. The molecule has 1 aromatic carbocycles. The minimum atomic E-state index is -4.20. The highest BCUT2D eigenvalue weighted by Gasteiger charge is 2.25. The third-order valence-corrected chi connectivity index (χ3v) is 4.53. The smallest absolute Gasteiger partial charge is 0.128 e. The van der Waals surface area contributed by atoms with Gasteiger partial charge in [0.05, 0.1) is 12.3 Å². The van der Waals surface area contributed by atoms with Crippen LogP contribution in [0.1, 0.15) is 58.2 Å². The van der Waals surface area contributed by atoms with Gasteiger partial charge in [-0.15, -0.1) is 0 Å². The van der Waals surface area contributed by atoms with E-state index in [9.17, 15) is 18.1 Å². The second kappa shape index (κ2) is 6.79. The van der Waals surface area contributed by atoms with Crippen LogP contribution in [-0.2, 0) is 27.5 Å². The molecule has 3 N–H and O–H groups in total. The quantitative estimate of drug-likeness (QED) is 0.627. The Morgan fingerprint density at radius 3 is 2.09 bits per heavy atom. The van der Waals surface area contributed by atoms with Crippen LogP contribution in [-0.4, -0.2) is 30.4 Å². The molecule has 0 saturated carbocycles. The number of benzene rings is 1. The second-order valence-corrected chi connectivity index (χ2v) is 9.60. The normalized spacial score (nSPS) is 13.3. The lowest BCUT2D eigenvalue weighted by Crippen LogP contribution is -2.83. The van der Waals surface area contributed by atoms with Crippen molar-refractivity contribution in [1.29, 1.82) is 0 Å². The predicted molar refractivity (Wildman–Crippen MR) is 90.6 cm³/mol. The maximum absolute atomic E-state index is 10.7. The number of rotatable bonds is 5. The molecule has 0 aliphatic heterocycles. The van der Waals surface area contributed by atoms with Gasteiger partial charge in [0.1, 0.15) is 22.4 Å². The zero-order valence-electron chi connectivity index (χ0n) is 14.9. The van der Waals surface area contributed by atoms with E-state index in [0.29, 0.717) is 6.54 Å². The van der Waals surface area contributed by atoms with Gasteiger partial charge in [-0.25, -0.2) is 8.42 Å². The van der Waals surface area contributed by atoms with E-state index in [0.717, 1.165) is 16.7 Å². The van der Waals surface area contributed by atoms with Crippen LogP contribution in [0.3, 0.4) is 0 Å². The van der Waals surface area contributed by atoms with E-state index in [2.05, 4.69) is 20.8 Å². The van der Waals surface area contributed by atoms with Crippen LogP contribution in [0.4, 0.5) is 0 Å². The zero-order valence-corrected chi connectivity index (χ0v) is 15.8. The van der Waals surface area contributed by atoms with Crippen LogP contribution in [0.15, 0.2) is 12.1 Å². The molecule has 0 saturated heterocycles. The molecular formula is C17H29NO4S. The van der Waals surface area contributed by atoms with E-state index in [4.69, 9.17) is 0 Å². The lowest BCUT2D eigenvalue weighted by Gasteiger charge is -2.27. The molecule has 1 rings (SSSR count). The lowest BCUT2D eigenvalue weighted by molar-refractivity contribution is -0.666. The number of quaternary nitrogens is 1. The van der Waals surface area contributed by atoms with E-state index >= 15 is 0 Å². The molecule has 132 valence electrons. The maximum atomic E-state index is 10.7. The van der Waals surface area contributed by atoms with Crippen molar-refractivity contribution in [2.75, 3.05) is 12.3 Å². The van der Waals surface area contributed by atoms with Crippen molar-refractivity contribution < 1.29 is 23.4 Å². The van der Waals surface area contributed by atoms with Gasteiger partial charge in [0.25, 0.3) is 0 Å². The summed E-state index contributed by atoms with van der Waals surface area (Å²) in [5.74, 6) is -0.148. The van der Waals surface area contributed by atoms with Gasteiger partial charge in [0, 0.05) is 11.1 Å². The van der Waals surface area contributed by atoms with Gasteiger partial charge in [-0.3, -0.25) is 0 Å². The third-order valence-electron chi connectivity index (χ3n) is 3.80. The summed E-state index contributed by atoms with van der Waals surface area (Å²) in [5, 5.41) is 12.3. The summed E-state index contributed by atoms with van der Waals surface area (Å²) < 4.78 is 32.0. The number of phenols is 1. The van der Waals surface area contributed by atoms with Crippen molar-refractivity contribution in [3.63, 3.8) is 0 Å². The van der Waals surface area contributed by atoms with Crippen LogP contribution < -0.4 is 5.32 Å². The molecule has 0 bridgehead atoms. The van der Waals surface area contributed by atoms with E-state index in [-0.39, 0.29) is 23.1 Å². The molecule has 0 atom stereocenters. The number of phenolic OH excluding ortho intramolecular Hbond substituents is 1. The predicted octanol–water partition coefficient (Wildman–Crippen LogP) is 1.60. The van der Waals surface area contributed by atoms with Crippen LogP contribution in [0, 0.1) is 0 Å². The van der Waals surface area contributed by atoms with Gasteiger partial charge in [0.15, 0.2) is 0 Å². The van der Waals surface area contributed by atoms with Crippen molar-refractivity contribution in [3.8, 4) is 5.75 Å². The average molecular weight is 343 g/mol. The molecule has 5 nitrogen and oxygen atoms in total. The molecule has 0 amide bonds. The molecule has 0 fully saturated rings. The van der Waals surface area contributed by atoms with Crippen molar-refractivity contribution in [2.24, 2.45) is 0 Å².